The molecule has 2 rings (SSSR count). The molecule has 84 valence electrons. The fourth-order valence-electron chi connectivity index (χ4n) is 1.74. The number of thioether (sulfide) groups is 1. The smallest absolute Gasteiger partial charge is 0.410 e. The van der Waals surface area contributed by atoms with E-state index in [4.69, 9.17) is 4.74 Å². The molecule has 2 aliphatic heterocycles. The van der Waals surface area contributed by atoms with Crippen molar-refractivity contribution in [3.05, 3.63) is 0 Å². The fraction of sp³-hybridized carbons (Fsp3) is 0.778. The van der Waals surface area contributed by atoms with Gasteiger partial charge in [-0.2, -0.15) is 0 Å². The Hall–Kier alpha value is -0.910. The molecule has 0 N–H and O–H groups in total. The van der Waals surface area contributed by atoms with Crippen LogP contribution in [0.5, 0.6) is 0 Å². The molecule has 0 aromatic carbocycles. The van der Waals surface area contributed by atoms with Crippen LogP contribution in [0, 0.1) is 0 Å². The minimum Gasteiger partial charge on any atom is -0.448 e. The van der Waals surface area contributed by atoms with Gasteiger partial charge in [0.05, 0.1) is 11.9 Å². The summed E-state index contributed by atoms with van der Waals surface area (Å²) in [6, 6.07) is 0. The molecule has 2 aliphatic rings. The lowest BCUT2D eigenvalue weighted by Crippen LogP contribution is -2.41. The Balaban J connectivity index is 1.88. The molecule has 0 radical (unpaired) electrons. The topological polar surface area (TPSA) is 49.9 Å². The summed E-state index contributed by atoms with van der Waals surface area (Å²) in [5, 5.41) is 0.233. The van der Waals surface area contributed by atoms with Crippen molar-refractivity contribution in [1.29, 1.82) is 0 Å². The first-order valence-corrected chi connectivity index (χ1v) is 6.06. The van der Waals surface area contributed by atoms with Crippen molar-refractivity contribution in [2.75, 3.05) is 32.0 Å². The first-order chi connectivity index (χ1) is 7.18. The predicted molar refractivity (Wildman–Crippen MR) is 56.6 cm³/mol. The van der Waals surface area contributed by atoms with E-state index in [2.05, 4.69) is 0 Å². The predicted octanol–water partition coefficient (Wildman–Crippen LogP) is 0.360. The van der Waals surface area contributed by atoms with Gasteiger partial charge in [0.1, 0.15) is 13.2 Å². The first kappa shape index (κ1) is 10.6. The van der Waals surface area contributed by atoms with E-state index in [0.717, 1.165) is 12.3 Å². The number of carbonyl (C=O) groups is 2. The van der Waals surface area contributed by atoms with E-state index in [1.165, 1.54) is 4.90 Å². The molecular weight excluding hydrogens is 216 g/mol. The number of nitrogens with zero attached hydrogens (tertiary/aromatic N) is 2. The summed E-state index contributed by atoms with van der Waals surface area (Å²) in [7, 11) is 0. The van der Waals surface area contributed by atoms with E-state index in [0.29, 0.717) is 13.2 Å². The van der Waals surface area contributed by atoms with Crippen LogP contribution in [0.2, 0.25) is 0 Å². The Labute approximate surface area is 92.7 Å². The molecule has 0 aromatic rings. The number of carbonyl (C=O) groups excluding carboxylic acids is 2. The third-order valence-electron chi connectivity index (χ3n) is 2.62. The maximum atomic E-state index is 11.8. The van der Waals surface area contributed by atoms with Crippen molar-refractivity contribution in [2.24, 2.45) is 0 Å². The van der Waals surface area contributed by atoms with Crippen LogP contribution in [0.15, 0.2) is 0 Å². The molecule has 0 aromatic heterocycles. The zero-order valence-electron chi connectivity index (χ0n) is 8.64. The van der Waals surface area contributed by atoms with Gasteiger partial charge >= 0.3 is 6.09 Å². The second kappa shape index (κ2) is 4.30. The van der Waals surface area contributed by atoms with Gasteiger partial charge < -0.3 is 9.64 Å². The highest BCUT2D eigenvalue weighted by atomic mass is 32.2. The lowest BCUT2D eigenvalue weighted by Gasteiger charge is -2.22. The average molecular weight is 230 g/mol. The molecule has 5 nitrogen and oxygen atoms in total. The monoisotopic (exact) mass is 230 g/mol. The summed E-state index contributed by atoms with van der Waals surface area (Å²) < 4.78 is 4.77. The fourth-order valence-corrected chi connectivity index (χ4v) is 2.79. The summed E-state index contributed by atoms with van der Waals surface area (Å²) in [4.78, 5) is 26.2. The Morgan fingerprint density at radius 2 is 2.40 bits per heavy atom. The lowest BCUT2D eigenvalue weighted by atomic mass is 10.4. The van der Waals surface area contributed by atoms with Crippen LogP contribution in [0.3, 0.4) is 0 Å². The van der Waals surface area contributed by atoms with Crippen LogP contribution >= 0.6 is 11.8 Å². The van der Waals surface area contributed by atoms with E-state index in [9.17, 15) is 9.59 Å². The third-order valence-corrected chi connectivity index (χ3v) is 3.78. The number of amides is 2. The molecule has 2 saturated heterocycles. The minimum atomic E-state index is -0.372. The van der Waals surface area contributed by atoms with Crippen molar-refractivity contribution in [3.63, 3.8) is 0 Å². The zero-order chi connectivity index (χ0) is 10.8. The Bertz CT molecular complexity index is 285. The number of cyclic esters (lactones) is 1. The maximum absolute atomic E-state index is 11.8. The zero-order valence-corrected chi connectivity index (χ0v) is 9.46. The molecule has 2 fully saturated rings. The van der Waals surface area contributed by atoms with Gasteiger partial charge in [-0.15, -0.1) is 11.8 Å². The number of hydrogen-bond acceptors (Lipinski definition) is 4. The van der Waals surface area contributed by atoms with Crippen molar-refractivity contribution in [1.82, 2.24) is 9.80 Å². The lowest BCUT2D eigenvalue weighted by molar-refractivity contribution is -0.131. The third kappa shape index (κ3) is 2.19. The summed E-state index contributed by atoms with van der Waals surface area (Å²) >= 11 is 1.76. The van der Waals surface area contributed by atoms with Crippen LogP contribution < -0.4 is 0 Å². The highest BCUT2D eigenvalue weighted by molar-refractivity contribution is 8.00. The van der Waals surface area contributed by atoms with Crippen LogP contribution in [-0.2, 0) is 9.53 Å². The molecule has 1 unspecified atom stereocenters. The van der Waals surface area contributed by atoms with Gasteiger partial charge in [-0.05, 0) is 6.92 Å². The molecule has 6 heteroatoms. The minimum absolute atomic E-state index is 0.0198. The Morgan fingerprint density at radius 3 is 2.93 bits per heavy atom. The molecule has 0 spiro atoms. The normalized spacial score (nSPS) is 25.9. The van der Waals surface area contributed by atoms with E-state index < -0.39 is 0 Å². The SMILES string of the molecule is CC1SCCN1C(=O)CN1CCOC1=O. The average Bonchev–Trinajstić information content (AvgIpc) is 2.76. The Morgan fingerprint density at radius 1 is 1.60 bits per heavy atom. The van der Waals surface area contributed by atoms with Crippen LogP contribution in [-0.4, -0.2) is 59.2 Å². The highest BCUT2D eigenvalue weighted by Gasteiger charge is 2.30. The van der Waals surface area contributed by atoms with Crippen molar-refractivity contribution < 1.29 is 14.3 Å². The van der Waals surface area contributed by atoms with Crippen LogP contribution in [0.4, 0.5) is 4.79 Å². The van der Waals surface area contributed by atoms with Crippen molar-refractivity contribution in [2.45, 2.75) is 12.3 Å². The van der Waals surface area contributed by atoms with Gasteiger partial charge in [0.25, 0.3) is 0 Å². The van der Waals surface area contributed by atoms with Gasteiger partial charge in [-0.3, -0.25) is 9.69 Å². The molecule has 0 bridgehead atoms. The second-order valence-corrected chi connectivity index (χ2v) is 5.02. The number of rotatable bonds is 2. The van der Waals surface area contributed by atoms with Gasteiger partial charge in [0, 0.05) is 12.3 Å². The standard InChI is InChI=1S/C9H14N2O3S/c1-7-11(3-5-15-7)8(12)6-10-2-4-14-9(10)13/h7H,2-6H2,1H3. The van der Waals surface area contributed by atoms with E-state index in [1.54, 1.807) is 11.8 Å². The van der Waals surface area contributed by atoms with Gasteiger partial charge in [-0.25, -0.2) is 4.79 Å². The highest BCUT2D eigenvalue weighted by Crippen LogP contribution is 2.23. The molecule has 0 aliphatic carbocycles. The van der Waals surface area contributed by atoms with E-state index in [1.807, 2.05) is 11.8 Å². The first-order valence-electron chi connectivity index (χ1n) is 5.01. The summed E-state index contributed by atoms with van der Waals surface area (Å²) in [6.07, 6.45) is -0.372. The molecule has 15 heavy (non-hydrogen) atoms. The molecular formula is C9H14N2O3S. The molecule has 2 heterocycles. The summed E-state index contributed by atoms with van der Waals surface area (Å²) in [5.74, 6) is 1.00. The molecule has 2 amide bonds. The van der Waals surface area contributed by atoms with Crippen LogP contribution in [0.1, 0.15) is 6.92 Å². The van der Waals surface area contributed by atoms with E-state index >= 15 is 0 Å². The molecule has 0 saturated carbocycles. The van der Waals surface area contributed by atoms with Crippen molar-refractivity contribution >= 4 is 23.8 Å². The quantitative estimate of drug-likeness (QED) is 0.687. The molecule has 1 atom stereocenters. The largest absolute Gasteiger partial charge is 0.448 e. The summed E-state index contributed by atoms with van der Waals surface area (Å²) in [6.45, 7) is 3.88. The second-order valence-electron chi connectivity index (χ2n) is 3.59. The number of ether oxygens (including phenoxy) is 1. The van der Waals surface area contributed by atoms with Crippen LogP contribution in [0.25, 0.3) is 0 Å². The Kier molecular flexibility index (Phi) is 3.04. The van der Waals surface area contributed by atoms with Gasteiger partial charge in [0.2, 0.25) is 5.91 Å². The number of hydrogen-bond donors (Lipinski definition) is 0. The maximum Gasteiger partial charge on any atom is 0.410 e. The summed E-state index contributed by atoms with van der Waals surface area (Å²) in [5.41, 5.74) is 0. The van der Waals surface area contributed by atoms with Crippen molar-refractivity contribution in [3.8, 4) is 0 Å². The van der Waals surface area contributed by atoms with Gasteiger partial charge in [0.15, 0.2) is 0 Å². The van der Waals surface area contributed by atoms with Gasteiger partial charge in [-0.1, -0.05) is 0 Å². The van der Waals surface area contributed by atoms with E-state index in [-0.39, 0.29) is 23.9 Å².